The first-order chi connectivity index (χ1) is 8.70. The Hall–Kier alpha value is -1.71. The van der Waals surface area contributed by atoms with E-state index in [0.29, 0.717) is 13.0 Å². The van der Waals surface area contributed by atoms with Gasteiger partial charge in [-0.2, -0.15) is 0 Å². The quantitative estimate of drug-likeness (QED) is 0.832. The van der Waals surface area contributed by atoms with Crippen LogP contribution in [0.4, 0.5) is 5.69 Å². The van der Waals surface area contributed by atoms with E-state index in [1.54, 1.807) is 12.1 Å². The zero-order valence-electron chi connectivity index (χ0n) is 10.6. The summed E-state index contributed by atoms with van der Waals surface area (Å²) in [5, 5.41) is 9.29. The maximum Gasteiger partial charge on any atom is 0.307 e. The summed E-state index contributed by atoms with van der Waals surface area (Å²) >= 11 is 0. The number of benzene rings is 1. The lowest BCUT2D eigenvalue weighted by Crippen LogP contribution is -2.31. The molecule has 1 aromatic rings. The number of rotatable bonds is 4. The topological polar surface area (TPSA) is 49.8 Å². The van der Waals surface area contributed by atoms with Gasteiger partial charge in [-0.15, -0.1) is 0 Å². The molecule has 0 bridgehead atoms. The van der Waals surface area contributed by atoms with Gasteiger partial charge in [-0.05, 0) is 44.0 Å². The highest BCUT2D eigenvalue weighted by Crippen LogP contribution is 2.28. The second-order valence-electron chi connectivity index (χ2n) is 4.51. The Labute approximate surface area is 107 Å². The van der Waals surface area contributed by atoms with Gasteiger partial charge in [0, 0.05) is 18.3 Å². The molecule has 1 aliphatic heterocycles. The van der Waals surface area contributed by atoms with E-state index in [-0.39, 0.29) is 17.8 Å². The predicted molar refractivity (Wildman–Crippen MR) is 69.7 cm³/mol. The Balaban J connectivity index is 2.03. The third-order valence-electron chi connectivity index (χ3n) is 3.27. The summed E-state index contributed by atoms with van der Waals surface area (Å²) in [5.74, 6) is 0.132. The number of esters is 1. The van der Waals surface area contributed by atoms with Gasteiger partial charge in [0.25, 0.3) is 0 Å². The van der Waals surface area contributed by atoms with E-state index in [1.807, 2.05) is 19.1 Å². The summed E-state index contributed by atoms with van der Waals surface area (Å²) in [6.07, 6.45) is 2.54. The van der Waals surface area contributed by atoms with E-state index in [0.717, 1.165) is 25.1 Å². The molecule has 1 aromatic carbocycles. The molecule has 18 heavy (non-hydrogen) atoms. The van der Waals surface area contributed by atoms with Crippen molar-refractivity contribution in [1.82, 2.24) is 0 Å². The van der Waals surface area contributed by atoms with Crippen LogP contribution in [0.5, 0.6) is 5.75 Å². The molecular weight excluding hydrogens is 230 g/mol. The van der Waals surface area contributed by atoms with Gasteiger partial charge in [0.05, 0.1) is 13.0 Å². The number of anilines is 1. The molecule has 1 fully saturated rings. The molecule has 0 aliphatic carbocycles. The molecule has 0 aromatic heterocycles. The molecule has 1 atom stereocenters. The molecule has 1 heterocycles. The average Bonchev–Trinajstić information content (AvgIpc) is 2.78. The normalized spacial score (nSPS) is 18.9. The number of ether oxygens (including phenoxy) is 1. The van der Waals surface area contributed by atoms with Gasteiger partial charge in [-0.1, -0.05) is 0 Å². The van der Waals surface area contributed by atoms with Crippen molar-refractivity contribution in [2.24, 2.45) is 0 Å². The zero-order chi connectivity index (χ0) is 13.0. The van der Waals surface area contributed by atoms with Crippen LogP contribution in [0.2, 0.25) is 0 Å². The lowest BCUT2D eigenvalue weighted by molar-refractivity contribution is -0.143. The van der Waals surface area contributed by atoms with Crippen LogP contribution >= 0.6 is 0 Å². The number of hydrogen-bond donors (Lipinski definition) is 1. The molecule has 0 saturated carbocycles. The summed E-state index contributed by atoms with van der Waals surface area (Å²) in [6, 6.07) is 7.34. The number of carbonyl (C=O) groups excluding carboxylic acids is 1. The standard InChI is InChI=1S/C14H19NO3/c1-2-18-14(17)10-12-4-3-9-15(12)11-5-7-13(16)8-6-11/h5-8,12,16H,2-4,9-10H2,1H3/t12-/m0/s1. The number of phenolic OH excluding ortho intramolecular Hbond substituents is 1. The van der Waals surface area contributed by atoms with Gasteiger partial charge < -0.3 is 14.7 Å². The minimum absolute atomic E-state index is 0.131. The van der Waals surface area contributed by atoms with Crippen LogP contribution in [-0.2, 0) is 9.53 Å². The molecule has 1 aliphatic rings. The van der Waals surface area contributed by atoms with E-state index >= 15 is 0 Å². The first kappa shape index (κ1) is 12.7. The predicted octanol–water partition coefficient (Wildman–Crippen LogP) is 2.31. The molecule has 0 amide bonds. The Morgan fingerprint density at radius 2 is 2.17 bits per heavy atom. The van der Waals surface area contributed by atoms with Crippen molar-refractivity contribution in [3.8, 4) is 5.75 Å². The maximum atomic E-state index is 11.5. The number of carbonyl (C=O) groups is 1. The molecule has 1 saturated heterocycles. The Morgan fingerprint density at radius 3 is 2.83 bits per heavy atom. The van der Waals surface area contributed by atoms with Crippen molar-refractivity contribution < 1.29 is 14.6 Å². The van der Waals surface area contributed by atoms with Crippen LogP contribution < -0.4 is 4.90 Å². The fourth-order valence-corrected chi connectivity index (χ4v) is 2.44. The number of nitrogens with zero attached hydrogens (tertiary/aromatic N) is 1. The third-order valence-corrected chi connectivity index (χ3v) is 3.27. The highest BCUT2D eigenvalue weighted by molar-refractivity contribution is 5.71. The highest BCUT2D eigenvalue weighted by atomic mass is 16.5. The van der Waals surface area contributed by atoms with E-state index in [1.165, 1.54) is 0 Å². The molecular formula is C14H19NO3. The van der Waals surface area contributed by atoms with Crippen LogP contribution in [0.1, 0.15) is 26.2 Å². The van der Waals surface area contributed by atoms with Crippen molar-refractivity contribution in [3.63, 3.8) is 0 Å². The molecule has 0 radical (unpaired) electrons. The van der Waals surface area contributed by atoms with Crippen molar-refractivity contribution in [2.75, 3.05) is 18.1 Å². The molecule has 0 unspecified atom stereocenters. The monoisotopic (exact) mass is 249 g/mol. The fraction of sp³-hybridized carbons (Fsp3) is 0.500. The van der Waals surface area contributed by atoms with Gasteiger partial charge in [0.2, 0.25) is 0 Å². The van der Waals surface area contributed by atoms with Gasteiger partial charge in [-0.25, -0.2) is 0 Å². The fourth-order valence-electron chi connectivity index (χ4n) is 2.44. The smallest absolute Gasteiger partial charge is 0.307 e. The first-order valence-corrected chi connectivity index (χ1v) is 6.42. The van der Waals surface area contributed by atoms with Crippen LogP contribution in [0.3, 0.4) is 0 Å². The summed E-state index contributed by atoms with van der Waals surface area (Å²) in [5.41, 5.74) is 1.06. The van der Waals surface area contributed by atoms with Crippen LogP contribution in [0.25, 0.3) is 0 Å². The molecule has 4 nitrogen and oxygen atoms in total. The van der Waals surface area contributed by atoms with E-state index in [4.69, 9.17) is 4.74 Å². The number of aromatic hydroxyl groups is 1. The molecule has 1 N–H and O–H groups in total. The Morgan fingerprint density at radius 1 is 1.44 bits per heavy atom. The van der Waals surface area contributed by atoms with Gasteiger partial charge in [0.15, 0.2) is 0 Å². The molecule has 2 rings (SSSR count). The van der Waals surface area contributed by atoms with Crippen molar-refractivity contribution in [2.45, 2.75) is 32.2 Å². The van der Waals surface area contributed by atoms with Crippen molar-refractivity contribution in [3.05, 3.63) is 24.3 Å². The maximum absolute atomic E-state index is 11.5. The third kappa shape index (κ3) is 2.94. The summed E-state index contributed by atoms with van der Waals surface area (Å²) < 4.78 is 5.00. The van der Waals surface area contributed by atoms with Crippen molar-refractivity contribution in [1.29, 1.82) is 0 Å². The zero-order valence-corrected chi connectivity index (χ0v) is 10.6. The van der Waals surface area contributed by atoms with Gasteiger partial charge in [-0.3, -0.25) is 4.79 Å². The summed E-state index contributed by atoms with van der Waals surface area (Å²) in [7, 11) is 0. The summed E-state index contributed by atoms with van der Waals surface area (Å²) in [6.45, 7) is 3.21. The lowest BCUT2D eigenvalue weighted by Gasteiger charge is -2.26. The van der Waals surface area contributed by atoms with Gasteiger partial charge in [0.1, 0.15) is 5.75 Å². The number of hydrogen-bond acceptors (Lipinski definition) is 4. The van der Waals surface area contributed by atoms with E-state index in [9.17, 15) is 9.90 Å². The highest BCUT2D eigenvalue weighted by Gasteiger charge is 2.27. The minimum Gasteiger partial charge on any atom is -0.508 e. The van der Waals surface area contributed by atoms with Crippen LogP contribution in [0.15, 0.2) is 24.3 Å². The second-order valence-corrected chi connectivity index (χ2v) is 4.51. The lowest BCUT2D eigenvalue weighted by atomic mass is 10.1. The average molecular weight is 249 g/mol. The first-order valence-electron chi connectivity index (χ1n) is 6.42. The summed E-state index contributed by atoms with van der Waals surface area (Å²) in [4.78, 5) is 13.8. The van der Waals surface area contributed by atoms with E-state index in [2.05, 4.69) is 4.90 Å². The SMILES string of the molecule is CCOC(=O)C[C@@H]1CCCN1c1ccc(O)cc1. The molecule has 0 spiro atoms. The second kappa shape index (κ2) is 5.76. The largest absolute Gasteiger partial charge is 0.508 e. The van der Waals surface area contributed by atoms with Crippen molar-refractivity contribution >= 4 is 11.7 Å². The minimum atomic E-state index is -0.131. The Bertz CT molecular complexity index is 402. The van der Waals surface area contributed by atoms with Gasteiger partial charge >= 0.3 is 5.97 Å². The van der Waals surface area contributed by atoms with E-state index < -0.39 is 0 Å². The van der Waals surface area contributed by atoms with Crippen LogP contribution in [0, 0.1) is 0 Å². The molecule has 98 valence electrons. The molecule has 4 heteroatoms. The number of phenols is 1. The Kier molecular flexibility index (Phi) is 4.07. The van der Waals surface area contributed by atoms with Crippen LogP contribution in [-0.4, -0.2) is 30.3 Å².